The van der Waals surface area contributed by atoms with Crippen molar-refractivity contribution in [2.45, 2.75) is 30.7 Å². The molecule has 1 fully saturated rings. The van der Waals surface area contributed by atoms with Gasteiger partial charge in [0.2, 0.25) is 10.0 Å². The van der Waals surface area contributed by atoms with Crippen LogP contribution in [-0.2, 0) is 10.0 Å². The second-order valence-corrected chi connectivity index (χ2v) is 10.5. The summed E-state index contributed by atoms with van der Waals surface area (Å²) in [6.45, 7) is 3.62. The number of hydrogen-bond acceptors (Lipinski definition) is 5. The number of methoxy groups -OCH3 is 1. The minimum absolute atomic E-state index is 0.0729. The van der Waals surface area contributed by atoms with Gasteiger partial charge in [0, 0.05) is 30.8 Å². The molecular formula is C24H33N3O4S. The minimum atomic E-state index is -3.53. The van der Waals surface area contributed by atoms with Gasteiger partial charge in [0.05, 0.1) is 18.0 Å². The molecule has 1 saturated heterocycles. The number of hydrogen-bond donors (Lipinski definition) is 1. The van der Waals surface area contributed by atoms with Gasteiger partial charge in [0.1, 0.15) is 5.75 Å². The highest BCUT2D eigenvalue weighted by Crippen LogP contribution is 2.27. The van der Waals surface area contributed by atoms with Gasteiger partial charge in [-0.3, -0.25) is 4.79 Å². The van der Waals surface area contributed by atoms with Gasteiger partial charge in [0.15, 0.2) is 0 Å². The number of carbonyl (C=O) groups is 1. The van der Waals surface area contributed by atoms with Gasteiger partial charge in [-0.25, -0.2) is 8.42 Å². The maximum Gasteiger partial charge on any atom is 0.251 e. The van der Waals surface area contributed by atoms with Crippen LogP contribution in [0.3, 0.4) is 0 Å². The highest BCUT2D eigenvalue weighted by Gasteiger charge is 2.28. The number of carbonyl (C=O) groups excluding carboxylic acids is 1. The summed E-state index contributed by atoms with van der Waals surface area (Å²) in [6.07, 6.45) is 1.75. The summed E-state index contributed by atoms with van der Waals surface area (Å²) in [5, 5.41) is 2.96. The monoisotopic (exact) mass is 459 g/mol. The summed E-state index contributed by atoms with van der Waals surface area (Å²) in [5.74, 6) is 1.07. The van der Waals surface area contributed by atoms with E-state index in [0.717, 1.165) is 24.2 Å². The summed E-state index contributed by atoms with van der Waals surface area (Å²) >= 11 is 0. The number of benzene rings is 2. The van der Waals surface area contributed by atoms with E-state index in [-0.39, 0.29) is 16.8 Å². The molecule has 1 aliphatic heterocycles. The van der Waals surface area contributed by atoms with E-state index in [2.05, 4.69) is 12.2 Å². The van der Waals surface area contributed by atoms with Gasteiger partial charge in [-0.1, -0.05) is 25.1 Å². The van der Waals surface area contributed by atoms with Gasteiger partial charge < -0.3 is 15.0 Å². The largest absolute Gasteiger partial charge is 0.496 e. The number of nitrogens with zero attached hydrogens (tertiary/aromatic N) is 2. The lowest BCUT2D eigenvalue weighted by Crippen LogP contribution is -2.38. The molecule has 0 aliphatic carbocycles. The molecule has 0 radical (unpaired) electrons. The Morgan fingerprint density at radius 3 is 2.34 bits per heavy atom. The Labute approximate surface area is 191 Å². The van der Waals surface area contributed by atoms with Crippen LogP contribution in [0.1, 0.15) is 41.7 Å². The molecule has 1 N–H and O–H groups in total. The molecule has 1 unspecified atom stereocenters. The summed E-state index contributed by atoms with van der Waals surface area (Å²) in [5.41, 5.74) is 1.41. The molecule has 0 aromatic heterocycles. The number of piperidine rings is 1. The Morgan fingerprint density at radius 2 is 1.75 bits per heavy atom. The Balaban J connectivity index is 1.68. The molecule has 2 aromatic carbocycles. The van der Waals surface area contributed by atoms with Crippen LogP contribution >= 0.6 is 0 Å². The van der Waals surface area contributed by atoms with Crippen LogP contribution < -0.4 is 10.1 Å². The molecule has 1 aliphatic rings. The van der Waals surface area contributed by atoms with Crippen LogP contribution in [0, 0.1) is 5.92 Å². The highest BCUT2D eigenvalue weighted by molar-refractivity contribution is 7.89. The third-order valence-electron chi connectivity index (χ3n) is 6.07. The van der Waals surface area contributed by atoms with Crippen molar-refractivity contribution in [2.24, 2.45) is 5.92 Å². The van der Waals surface area contributed by atoms with E-state index >= 15 is 0 Å². The first-order valence-corrected chi connectivity index (χ1v) is 12.4. The number of sulfonamides is 1. The van der Waals surface area contributed by atoms with Gasteiger partial charge >= 0.3 is 0 Å². The van der Waals surface area contributed by atoms with E-state index in [1.165, 1.54) is 16.4 Å². The first kappa shape index (κ1) is 24.2. The van der Waals surface area contributed by atoms with Crippen molar-refractivity contribution in [3.05, 3.63) is 59.7 Å². The number of likely N-dealkylation sites (N-methyl/N-ethyl adjacent to an activating group) is 1. The second-order valence-electron chi connectivity index (χ2n) is 8.54. The maximum absolute atomic E-state index is 12.9. The third kappa shape index (κ3) is 5.49. The molecule has 0 bridgehead atoms. The molecule has 3 rings (SSSR count). The molecule has 1 heterocycles. The minimum Gasteiger partial charge on any atom is -0.496 e. The van der Waals surface area contributed by atoms with Crippen LogP contribution in [0.25, 0.3) is 0 Å². The standard InChI is InChI=1S/C24H33N3O4S/c1-18-13-15-27(16-14-18)32(29,30)20-11-9-19(10-12-20)24(28)25-17-22(26(2)3)21-7-5-6-8-23(21)31-4/h5-12,18,22H,13-17H2,1-4H3,(H,25,28). The van der Waals surface area contributed by atoms with Gasteiger partial charge in [-0.2, -0.15) is 4.31 Å². The molecule has 32 heavy (non-hydrogen) atoms. The second kappa shape index (κ2) is 10.5. The van der Waals surface area contributed by atoms with Gasteiger partial charge in [0.25, 0.3) is 5.91 Å². The first-order valence-electron chi connectivity index (χ1n) is 10.9. The molecule has 8 heteroatoms. The van der Waals surface area contributed by atoms with Crippen LogP contribution in [-0.4, -0.2) is 64.4 Å². The van der Waals surface area contributed by atoms with E-state index in [1.54, 1.807) is 19.2 Å². The van der Waals surface area contributed by atoms with E-state index in [9.17, 15) is 13.2 Å². The average molecular weight is 460 g/mol. The van der Waals surface area contributed by atoms with Crippen molar-refractivity contribution in [1.29, 1.82) is 0 Å². The Bertz CT molecular complexity index is 1010. The van der Waals surface area contributed by atoms with Crippen molar-refractivity contribution in [3.8, 4) is 5.75 Å². The molecule has 0 saturated carbocycles. The fraction of sp³-hybridized carbons (Fsp3) is 0.458. The zero-order valence-electron chi connectivity index (χ0n) is 19.2. The van der Waals surface area contributed by atoms with Crippen LogP contribution in [0.2, 0.25) is 0 Å². The first-order chi connectivity index (χ1) is 15.2. The Hall–Kier alpha value is -2.42. The normalized spacial score (nSPS) is 16.7. The van der Waals surface area contributed by atoms with Crippen molar-refractivity contribution in [1.82, 2.24) is 14.5 Å². The SMILES string of the molecule is COc1ccccc1C(CNC(=O)c1ccc(S(=O)(=O)N2CCC(C)CC2)cc1)N(C)C. The lowest BCUT2D eigenvalue weighted by Gasteiger charge is -2.29. The summed E-state index contributed by atoms with van der Waals surface area (Å²) in [4.78, 5) is 15.0. The number of ether oxygens (including phenoxy) is 1. The van der Waals surface area contributed by atoms with Crippen molar-refractivity contribution in [2.75, 3.05) is 40.8 Å². The fourth-order valence-corrected chi connectivity index (χ4v) is 5.43. The third-order valence-corrected chi connectivity index (χ3v) is 7.99. The summed E-state index contributed by atoms with van der Waals surface area (Å²) < 4.78 is 32.8. The van der Waals surface area contributed by atoms with E-state index in [4.69, 9.17) is 4.74 Å². The predicted octanol–water partition coefficient (Wildman–Crippen LogP) is 3.15. The quantitative estimate of drug-likeness (QED) is 0.656. The summed E-state index contributed by atoms with van der Waals surface area (Å²) in [6, 6.07) is 13.8. The van der Waals surface area contributed by atoms with Gasteiger partial charge in [-0.15, -0.1) is 0 Å². The van der Waals surface area contributed by atoms with E-state index in [1.807, 2.05) is 43.3 Å². The molecule has 1 amide bonds. The molecule has 1 atom stereocenters. The number of para-hydroxylation sites is 1. The lowest BCUT2D eigenvalue weighted by atomic mass is 10.0. The average Bonchev–Trinajstić information content (AvgIpc) is 2.79. The van der Waals surface area contributed by atoms with Crippen LogP contribution in [0.5, 0.6) is 5.75 Å². The number of rotatable bonds is 8. The topological polar surface area (TPSA) is 78.9 Å². The Morgan fingerprint density at radius 1 is 1.12 bits per heavy atom. The lowest BCUT2D eigenvalue weighted by molar-refractivity contribution is 0.0941. The molecule has 2 aromatic rings. The van der Waals surface area contributed by atoms with E-state index < -0.39 is 10.0 Å². The van der Waals surface area contributed by atoms with Crippen molar-refractivity contribution < 1.29 is 17.9 Å². The zero-order valence-corrected chi connectivity index (χ0v) is 20.1. The van der Waals surface area contributed by atoms with Gasteiger partial charge in [-0.05, 0) is 63.2 Å². The highest BCUT2D eigenvalue weighted by atomic mass is 32.2. The van der Waals surface area contributed by atoms with Crippen LogP contribution in [0.4, 0.5) is 0 Å². The molecule has 0 spiro atoms. The van der Waals surface area contributed by atoms with Crippen LogP contribution in [0.15, 0.2) is 53.4 Å². The number of nitrogens with one attached hydrogen (secondary N) is 1. The van der Waals surface area contributed by atoms with Crippen molar-refractivity contribution in [3.63, 3.8) is 0 Å². The smallest absolute Gasteiger partial charge is 0.251 e. The Kier molecular flexibility index (Phi) is 7.92. The predicted molar refractivity (Wildman–Crippen MR) is 125 cm³/mol. The zero-order chi connectivity index (χ0) is 23.3. The molecule has 7 nitrogen and oxygen atoms in total. The summed E-state index contributed by atoms with van der Waals surface area (Å²) in [7, 11) is 2.00. The number of amides is 1. The molecule has 174 valence electrons. The molecular weight excluding hydrogens is 426 g/mol. The van der Waals surface area contributed by atoms with Crippen molar-refractivity contribution >= 4 is 15.9 Å². The maximum atomic E-state index is 12.9. The fourth-order valence-electron chi connectivity index (χ4n) is 3.96. The van der Waals surface area contributed by atoms with E-state index in [0.29, 0.717) is 31.1 Å².